The van der Waals surface area contributed by atoms with Crippen LogP contribution in [0.2, 0.25) is 0 Å². The van der Waals surface area contributed by atoms with Crippen molar-refractivity contribution in [2.75, 3.05) is 11.1 Å². The average Bonchev–Trinajstić information content (AvgIpc) is 2.40. The van der Waals surface area contributed by atoms with Crippen molar-refractivity contribution in [3.05, 3.63) is 58.7 Å². The molecule has 2 aromatic rings. The lowest BCUT2D eigenvalue weighted by Gasteiger charge is -2.12. The van der Waals surface area contributed by atoms with E-state index < -0.39 is 5.97 Å². The molecular formula is C16H16N2O3. The fraction of sp³-hybridized carbons (Fsp3) is 0.125. The number of nitrogen functional groups attached to an aromatic ring is 1. The molecule has 0 aromatic heterocycles. The predicted octanol–water partition coefficient (Wildman–Crippen LogP) is 2.84. The summed E-state index contributed by atoms with van der Waals surface area (Å²) < 4.78 is 0. The number of carboxylic acid groups (broad SMARTS) is 1. The summed E-state index contributed by atoms with van der Waals surface area (Å²) in [7, 11) is 0. The molecule has 0 radical (unpaired) electrons. The molecule has 0 atom stereocenters. The van der Waals surface area contributed by atoms with Crippen molar-refractivity contribution in [2.45, 2.75) is 13.8 Å². The summed E-state index contributed by atoms with van der Waals surface area (Å²) in [6.45, 7) is 3.67. The summed E-state index contributed by atoms with van der Waals surface area (Å²) in [4.78, 5) is 23.6. The van der Waals surface area contributed by atoms with Gasteiger partial charge in [-0.1, -0.05) is 18.2 Å². The van der Waals surface area contributed by atoms with Gasteiger partial charge in [-0.05, 0) is 43.2 Å². The highest BCUT2D eigenvalue weighted by atomic mass is 16.4. The van der Waals surface area contributed by atoms with E-state index in [0.29, 0.717) is 11.3 Å². The van der Waals surface area contributed by atoms with E-state index in [1.54, 1.807) is 6.07 Å². The first-order valence-electron chi connectivity index (χ1n) is 6.40. The van der Waals surface area contributed by atoms with Gasteiger partial charge in [0.15, 0.2) is 0 Å². The lowest BCUT2D eigenvalue weighted by atomic mass is 10.0. The number of aromatic carboxylic acids is 1. The molecule has 0 saturated heterocycles. The van der Waals surface area contributed by atoms with Gasteiger partial charge in [0, 0.05) is 11.3 Å². The molecule has 4 N–H and O–H groups in total. The van der Waals surface area contributed by atoms with Crippen molar-refractivity contribution in [1.82, 2.24) is 0 Å². The van der Waals surface area contributed by atoms with Crippen molar-refractivity contribution < 1.29 is 14.7 Å². The van der Waals surface area contributed by atoms with Crippen LogP contribution in [0, 0.1) is 13.8 Å². The van der Waals surface area contributed by atoms with Crippen LogP contribution in [0.15, 0.2) is 36.4 Å². The standard InChI is InChI=1S/C16H16N2O3/c1-9-4-3-5-10(2)14(9)15(19)18-13-7-6-11(17)8-12(13)16(20)21/h3-8H,17H2,1-2H3,(H,18,19)(H,20,21). The van der Waals surface area contributed by atoms with E-state index in [9.17, 15) is 14.7 Å². The molecule has 0 aliphatic heterocycles. The third-order valence-electron chi connectivity index (χ3n) is 3.23. The van der Waals surface area contributed by atoms with Crippen LogP contribution in [-0.2, 0) is 0 Å². The fourth-order valence-electron chi connectivity index (χ4n) is 2.21. The van der Waals surface area contributed by atoms with Crippen molar-refractivity contribution in [3.63, 3.8) is 0 Å². The first-order valence-corrected chi connectivity index (χ1v) is 6.40. The summed E-state index contributed by atoms with van der Waals surface area (Å²) in [5, 5.41) is 11.8. The van der Waals surface area contributed by atoms with E-state index in [1.165, 1.54) is 12.1 Å². The maximum absolute atomic E-state index is 12.4. The summed E-state index contributed by atoms with van der Waals surface area (Å²) in [6, 6.07) is 9.90. The second kappa shape index (κ2) is 5.66. The Bertz CT molecular complexity index is 703. The van der Waals surface area contributed by atoms with Gasteiger partial charge in [0.05, 0.1) is 11.3 Å². The van der Waals surface area contributed by atoms with Gasteiger partial charge < -0.3 is 16.2 Å². The van der Waals surface area contributed by atoms with Crippen molar-refractivity contribution in [1.29, 1.82) is 0 Å². The van der Waals surface area contributed by atoms with Gasteiger partial charge in [-0.2, -0.15) is 0 Å². The number of nitrogens with two attached hydrogens (primary N) is 1. The zero-order valence-corrected chi connectivity index (χ0v) is 11.8. The molecule has 0 spiro atoms. The zero-order valence-electron chi connectivity index (χ0n) is 11.8. The molecule has 0 aliphatic carbocycles. The summed E-state index contributed by atoms with van der Waals surface area (Å²) in [5.41, 5.74) is 8.32. The largest absolute Gasteiger partial charge is 0.478 e. The average molecular weight is 284 g/mol. The Hall–Kier alpha value is -2.82. The minimum absolute atomic E-state index is 0.0328. The molecule has 0 fully saturated rings. The number of carbonyl (C=O) groups excluding carboxylic acids is 1. The molecule has 5 heteroatoms. The number of amides is 1. The molecule has 1 amide bonds. The molecule has 0 bridgehead atoms. The molecule has 0 saturated carbocycles. The number of carboxylic acids is 1. The fourth-order valence-corrected chi connectivity index (χ4v) is 2.21. The van der Waals surface area contributed by atoms with Gasteiger partial charge in [0.2, 0.25) is 0 Å². The lowest BCUT2D eigenvalue weighted by molar-refractivity contribution is 0.0698. The first kappa shape index (κ1) is 14.6. The molecular weight excluding hydrogens is 268 g/mol. The Kier molecular flexibility index (Phi) is 3.93. The van der Waals surface area contributed by atoms with Crippen LogP contribution in [-0.4, -0.2) is 17.0 Å². The minimum Gasteiger partial charge on any atom is -0.478 e. The second-order valence-corrected chi connectivity index (χ2v) is 4.83. The van der Waals surface area contributed by atoms with Gasteiger partial charge >= 0.3 is 5.97 Å². The highest BCUT2D eigenvalue weighted by Gasteiger charge is 2.16. The summed E-state index contributed by atoms with van der Waals surface area (Å²) in [6.07, 6.45) is 0. The van der Waals surface area contributed by atoms with Crippen LogP contribution >= 0.6 is 0 Å². The number of anilines is 2. The summed E-state index contributed by atoms with van der Waals surface area (Å²) in [5.74, 6) is -1.48. The van der Waals surface area contributed by atoms with E-state index in [2.05, 4.69) is 5.32 Å². The number of hydrogen-bond acceptors (Lipinski definition) is 3. The number of carbonyl (C=O) groups is 2. The topological polar surface area (TPSA) is 92.4 Å². The molecule has 0 aliphatic rings. The monoisotopic (exact) mass is 284 g/mol. The number of rotatable bonds is 3. The van der Waals surface area contributed by atoms with Gasteiger partial charge in [0.1, 0.15) is 0 Å². The Labute approximate surface area is 122 Å². The molecule has 0 unspecified atom stereocenters. The Morgan fingerprint density at radius 3 is 2.29 bits per heavy atom. The second-order valence-electron chi connectivity index (χ2n) is 4.83. The van der Waals surface area contributed by atoms with Crippen LogP contribution in [0.25, 0.3) is 0 Å². The molecule has 108 valence electrons. The van der Waals surface area contributed by atoms with Crippen molar-refractivity contribution in [2.24, 2.45) is 0 Å². The normalized spacial score (nSPS) is 10.2. The third-order valence-corrected chi connectivity index (χ3v) is 3.23. The van der Waals surface area contributed by atoms with E-state index >= 15 is 0 Å². The van der Waals surface area contributed by atoms with E-state index in [1.807, 2.05) is 32.0 Å². The van der Waals surface area contributed by atoms with Gasteiger partial charge in [-0.15, -0.1) is 0 Å². The number of nitrogens with one attached hydrogen (secondary N) is 1. The van der Waals surface area contributed by atoms with E-state index in [-0.39, 0.29) is 17.2 Å². The van der Waals surface area contributed by atoms with E-state index in [0.717, 1.165) is 11.1 Å². The lowest BCUT2D eigenvalue weighted by Crippen LogP contribution is -2.17. The molecule has 5 nitrogen and oxygen atoms in total. The molecule has 2 aromatic carbocycles. The zero-order chi connectivity index (χ0) is 15.6. The van der Waals surface area contributed by atoms with E-state index in [4.69, 9.17) is 5.73 Å². The smallest absolute Gasteiger partial charge is 0.337 e. The highest BCUT2D eigenvalue weighted by Crippen LogP contribution is 2.21. The SMILES string of the molecule is Cc1cccc(C)c1C(=O)Nc1ccc(N)cc1C(=O)O. The Morgan fingerprint density at radius 2 is 1.71 bits per heavy atom. The van der Waals surface area contributed by atoms with Gasteiger partial charge in [-0.25, -0.2) is 4.79 Å². The van der Waals surface area contributed by atoms with Crippen molar-refractivity contribution >= 4 is 23.3 Å². The van der Waals surface area contributed by atoms with Crippen LogP contribution in [0.1, 0.15) is 31.8 Å². The molecule has 0 heterocycles. The third kappa shape index (κ3) is 3.02. The molecule has 21 heavy (non-hydrogen) atoms. The van der Waals surface area contributed by atoms with Gasteiger partial charge in [0.25, 0.3) is 5.91 Å². The van der Waals surface area contributed by atoms with Crippen LogP contribution in [0.4, 0.5) is 11.4 Å². The van der Waals surface area contributed by atoms with Crippen LogP contribution in [0.3, 0.4) is 0 Å². The van der Waals surface area contributed by atoms with Crippen LogP contribution < -0.4 is 11.1 Å². The Morgan fingerprint density at radius 1 is 1.10 bits per heavy atom. The maximum atomic E-state index is 12.4. The molecule has 2 rings (SSSR count). The number of benzene rings is 2. The quantitative estimate of drug-likeness (QED) is 0.756. The predicted molar refractivity (Wildman–Crippen MR) is 81.7 cm³/mol. The Balaban J connectivity index is 2.39. The maximum Gasteiger partial charge on any atom is 0.337 e. The number of aryl methyl sites for hydroxylation is 2. The highest BCUT2D eigenvalue weighted by molar-refractivity contribution is 6.09. The number of hydrogen-bond donors (Lipinski definition) is 3. The van der Waals surface area contributed by atoms with Crippen LogP contribution in [0.5, 0.6) is 0 Å². The summed E-state index contributed by atoms with van der Waals surface area (Å²) >= 11 is 0. The minimum atomic E-state index is -1.14. The van der Waals surface area contributed by atoms with Crippen molar-refractivity contribution in [3.8, 4) is 0 Å². The van der Waals surface area contributed by atoms with Gasteiger partial charge in [-0.3, -0.25) is 4.79 Å². The first-order chi connectivity index (χ1) is 9.90.